The highest BCUT2D eigenvalue weighted by Crippen LogP contribution is 2.28. The van der Waals surface area contributed by atoms with Crippen LogP contribution in [0.3, 0.4) is 0 Å². The molecule has 4 nitrogen and oxygen atoms in total. The predicted molar refractivity (Wildman–Crippen MR) is 82.9 cm³/mol. The first-order valence-corrected chi connectivity index (χ1v) is 9.17. The Kier molecular flexibility index (Phi) is 3.88. The Bertz CT molecular complexity index is 725. The van der Waals surface area contributed by atoms with E-state index in [2.05, 4.69) is 10.8 Å². The SMILES string of the molecule is O=S(=O)(NCC1(O)CCc2ccccc2C1)c1cccs1. The van der Waals surface area contributed by atoms with E-state index in [0.717, 1.165) is 12.0 Å². The second kappa shape index (κ2) is 5.53. The number of sulfonamides is 1. The lowest BCUT2D eigenvalue weighted by Crippen LogP contribution is -2.46. The standard InChI is InChI=1S/C15H17NO3S2/c17-15(8-7-12-4-1-2-5-13(12)10-15)11-16-21(18,19)14-6-3-9-20-14/h1-6,9,16-17H,7-8,10-11H2. The van der Waals surface area contributed by atoms with Crippen molar-refractivity contribution in [3.05, 3.63) is 52.9 Å². The minimum absolute atomic E-state index is 0.0432. The number of aryl methyl sites for hydroxylation is 1. The van der Waals surface area contributed by atoms with Crippen LogP contribution in [0.25, 0.3) is 0 Å². The summed E-state index contributed by atoms with van der Waals surface area (Å²) in [7, 11) is -3.52. The quantitative estimate of drug-likeness (QED) is 0.904. The van der Waals surface area contributed by atoms with Crippen molar-refractivity contribution in [1.29, 1.82) is 0 Å². The number of aliphatic hydroxyl groups is 1. The summed E-state index contributed by atoms with van der Waals surface area (Å²) in [6, 6.07) is 11.2. The third kappa shape index (κ3) is 3.18. The first-order chi connectivity index (χ1) is 9.99. The molecule has 6 heteroatoms. The molecule has 0 radical (unpaired) electrons. The first kappa shape index (κ1) is 14.7. The summed E-state index contributed by atoms with van der Waals surface area (Å²) in [5, 5.41) is 12.4. The number of rotatable bonds is 4. The Balaban J connectivity index is 1.71. The van der Waals surface area contributed by atoms with Crippen molar-refractivity contribution in [3.8, 4) is 0 Å². The molecule has 1 heterocycles. The van der Waals surface area contributed by atoms with Crippen LogP contribution in [0.2, 0.25) is 0 Å². The molecule has 0 spiro atoms. The minimum Gasteiger partial charge on any atom is -0.388 e. The van der Waals surface area contributed by atoms with E-state index in [1.54, 1.807) is 17.5 Å². The van der Waals surface area contributed by atoms with Gasteiger partial charge in [0.05, 0.1) is 5.60 Å². The molecule has 1 aliphatic rings. The van der Waals surface area contributed by atoms with Crippen LogP contribution in [0.1, 0.15) is 17.5 Å². The van der Waals surface area contributed by atoms with Gasteiger partial charge in [-0.05, 0) is 35.4 Å². The van der Waals surface area contributed by atoms with Crippen molar-refractivity contribution < 1.29 is 13.5 Å². The third-order valence-corrected chi connectivity index (χ3v) is 6.65. The van der Waals surface area contributed by atoms with E-state index in [9.17, 15) is 13.5 Å². The van der Waals surface area contributed by atoms with Gasteiger partial charge in [0.15, 0.2) is 0 Å². The summed E-state index contributed by atoms with van der Waals surface area (Å²) in [5.74, 6) is 0. The molecular formula is C15H17NO3S2. The smallest absolute Gasteiger partial charge is 0.250 e. The lowest BCUT2D eigenvalue weighted by Gasteiger charge is -2.33. The van der Waals surface area contributed by atoms with Crippen LogP contribution in [0.4, 0.5) is 0 Å². The van der Waals surface area contributed by atoms with Crippen molar-refractivity contribution in [2.75, 3.05) is 6.54 Å². The first-order valence-electron chi connectivity index (χ1n) is 6.81. The van der Waals surface area contributed by atoms with Crippen molar-refractivity contribution in [1.82, 2.24) is 4.72 Å². The Morgan fingerprint density at radius 1 is 1.19 bits per heavy atom. The highest BCUT2D eigenvalue weighted by molar-refractivity contribution is 7.91. The van der Waals surface area contributed by atoms with Gasteiger partial charge in [-0.25, -0.2) is 13.1 Å². The van der Waals surface area contributed by atoms with Gasteiger partial charge in [0.2, 0.25) is 10.0 Å². The maximum Gasteiger partial charge on any atom is 0.250 e. The Hall–Kier alpha value is -1.21. The zero-order chi connectivity index (χ0) is 14.9. The maximum atomic E-state index is 12.1. The normalized spacial score (nSPS) is 22.0. The molecule has 1 aliphatic carbocycles. The zero-order valence-electron chi connectivity index (χ0n) is 11.5. The van der Waals surface area contributed by atoms with Gasteiger partial charge in [0, 0.05) is 13.0 Å². The van der Waals surface area contributed by atoms with Crippen molar-refractivity contribution in [2.24, 2.45) is 0 Å². The number of fused-ring (bicyclic) bond motifs is 1. The molecule has 3 rings (SSSR count). The minimum atomic E-state index is -3.52. The zero-order valence-corrected chi connectivity index (χ0v) is 13.1. The monoisotopic (exact) mass is 323 g/mol. The second-order valence-electron chi connectivity index (χ2n) is 5.43. The van der Waals surface area contributed by atoms with Gasteiger partial charge in [-0.3, -0.25) is 0 Å². The average molecular weight is 323 g/mol. The molecule has 1 unspecified atom stereocenters. The molecule has 2 aromatic rings. The Morgan fingerprint density at radius 3 is 2.67 bits per heavy atom. The van der Waals surface area contributed by atoms with E-state index < -0.39 is 15.6 Å². The molecule has 0 fully saturated rings. The van der Waals surface area contributed by atoms with E-state index in [4.69, 9.17) is 0 Å². The number of nitrogens with one attached hydrogen (secondary N) is 1. The van der Waals surface area contributed by atoms with Crippen molar-refractivity contribution in [3.63, 3.8) is 0 Å². The van der Waals surface area contributed by atoms with Gasteiger partial charge in [0.25, 0.3) is 0 Å². The summed E-state index contributed by atoms with van der Waals surface area (Å²) in [5.41, 5.74) is 1.32. The summed E-state index contributed by atoms with van der Waals surface area (Å²) in [6.45, 7) is 0.0432. The van der Waals surface area contributed by atoms with Crippen LogP contribution >= 0.6 is 11.3 Å². The number of thiophene rings is 1. The van der Waals surface area contributed by atoms with Crippen molar-refractivity contribution in [2.45, 2.75) is 29.1 Å². The van der Waals surface area contributed by atoms with Gasteiger partial charge >= 0.3 is 0 Å². The lowest BCUT2D eigenvalue weighted by molar-refractivity contribution is 0.0317. The fourth-order valence-corrected chi connectivity index (χ4v) is 4.81. The van der Waals surface area contributed by atoms with Crippen LogP contribution in [-0.2, 0) is 22.9 Å². The van der Waals surface area contributed by atoms with E-state index in [0.29, 0.717) is 12.8 Å². The molecule has 1 atom stereocenters. The number of hydrogen-bond donors (Lipinski definition) is 2. The van der Waals surface area contributed by atoms with E-state index >= 15 is 0 Å². The van der Waals surface area contributed by atoms with Gasteiger partial charge in [0.1, 0.15) is 4.21 Å². The predicted octanol–water partition coefficient (Wildman–Crippen LogP) is 1.95. The van der Waals surface area contributed by atoms with Crippen LogP contribution < -0.4 is 4.72 Å². The molecule has 0 saturated heterocycles. The van der Waals surface area contributed by atoms with E-state index in [1.807, 2.05) is 18.2 Å². The highest BCUT2D eigenvalue weighted by Gasteiger charge is 2.33. The number of hydrogen-bond acceptors (Lipinski definition) is 4. The molecule has 2 N–H and O–H groups in total. The molecule has 1 aromatic carbocycles. The molecule has 21 heavy (non-hydrogen) atoms. The fourth-order valence-electron chi connectivity index (χ4n) is 2.65. The third-order valence-electron chi connectivity index (χ3n) is 3.85. The summed E-state index contributed by atoms with van der Waals surface area (Å²) >= 11 is 1.17. The van der Waals surface area contributed by atoms with Gasteiger partial charge in [-0.15, -0.1) is 11.3 Å². The molecule has 0 bridgehead atoms. The van der Waals surface area contributed by atoms with Crippen molar-refractivity contribution >= 4 is 21.4 Å². The lowest BCUT2D eigenvalue weighted by atomic mass is 9.80. The van der Waals surface area contributed by atoms with Gasteiger partial charge in [-0.2, -0.15) is 0 Å². The van der Waals surface area contributed by atoms with Crippen LogP contribution in [0.15, 0.2) is 46.0 Å². The summed E-state index contributed by atoms with van der Waals surface area (Å²) in [4.78, 5) is 0. The van der Waals surface area contributed by atoms with E-state index in [-0.39, 0.29) is 10.8 Å². The molecule has 0 saturated carbocycles. The fraction of sp³-hybridized carbons (Fsp3) is 0.333. The molecular weight excluding hydrogens is 306 g/mol. The average Bonchev–Trinajstić information content (AvgIpc) is 3.00. The molecule has 1 aromatic heterocycles. The van der Waals surface area contributed by atoms with Crippen LogP contribution in [-0.4, -0.2) is 25.7 Å². The summed E-state index contributed by atoms with van der Waals surface area (Å²) < 4.78 is 27.0. The maximum absolute atomic E-state index is 12.1. The largest absolute Gasteiger partial charge is 0.388 e. The van der Waals surface area contributed by atoms with Gasteiger partial charge < -0.3 is 5.11 Å². The summed E-state index contributed by atoms with van der Waals surface area (Å²) in [6.07, 6.45) is 1.82. The topological polar surface area (TPSA) is 66.4 Å². The van der Waals surface area contributed by atoms with Crippen LogP contribution in [0, 0.1) is 0 Å². The van der Waals surface area contributed by atoms with Gasteiger partial charge in [-0.1, -0.05) is 30.3 Å². The number of benzene rings is 1. The molecule has 112 valence electrons. The second-order valence-corrected chi connectivity index (χ2v) is 8.37. The van der Waals surface area contributed by atoms with E-state index in [1.165, 1.54) is 16.9 Å². The Labute approximate surface area is 128 Å². The Morgan fingerprint density at radius 2 is 1.95 bits per heavy atom. The molecule has 0 amide bonds. The highest BCUT2D eigenvalue weighted by atomic mass is 32.2. The van der Waals surface area contributed by atoms with Crippen LogP contribution in [0.5, 0.6) is 0 Å². The molecule has 0 aliphatic heterocycles.